The highest BCUT2D eigenvalue weighted by atomic mass is 19.1. The molecule has 0 heterocycles. The van der Waals surface area contributed by atoms with Gasteiger partial charge < -0.3 is 10.1 Å². The second kappa shape index (κ2) is 5.12. The van der Waals surface area contributed by atoms with Gasteiger partial charge in [0.2, 0.25) is 0 Å². The van der Waals surface area contributed by atoms with Crippen molar-refractivity contribution in [3.8, 4) is 5.75 Å². The average Bonchev–Trinajstić information content (AvgIpc) is 3.29. The van der Waals surface area contributed by atoms with E-state index >= 15 is 0 Å². The summed E-state index contributed by atoms with van der Waals surface area (Å²) in [6.45, 7) is 2.16. The van der Waals surface area contributed by atoms with E-state index in [9.17, 15) is 4.39 Å². The molecule has 0 bridgehead atoms. The molecular weight excluding hydrogens is 241 g/mol. The predicted molar refractivity (Wildman–Crippen MR) is 73.7 cm³/mol. The summed E-state index contributed by atoms with van der Waals surface area (Å²) in [6.07, 6.45) is 5.47. The Morgan fingerprint density at radius 3 is 2.37 bits per heavy atom. The molecule has 2 fully saturated rings. The van der Waals surface area contributed by atoms with Gasteiger partial charge in [0.15, 0.2) is 11.6 Å². The highest BCUT2D eigenvalue weighted by molar-refractivity contribution is 5.32. The highest BCUT2D eigenvalue weighted by Crippen LogP contribution is 2.45. The maximum Gasteiger partial charge on any atom is 0.165 e. The standard InChI is InChI=1S/C16H22FNO/c1-10(13-7-8-14(17)15(9-13)19-2)18-16(11-3-4-11)12-5-6-12/h7-12,16,18H,3-6H2,1-2H3. The van der Waals surface area contributed by atoms with E-state index in [1.165, 1.54) is 38.9 Å². The molecule has 19 heavy (non-hydrogen) atoms. The molecule has 1 unspecified atom stereocenters. The van der Waals surface area contributed by atoms with Gasteiger partial charge in [-0.2, -0.15) is 0 Å². The molecule has 2 nitrogen and oxygen atoms in total. The second-order valence-electron chi connectivity index (χ2n) is 5.98. The van der Waals surface area contributed by atoms with E-state index in [0.29, 0.717) is 11.8 Å². The van der Waals surface area contributed by atoms with Gasteiger partial charge in [-0.15, -0.1) is 0 Å². The monoisotopic (exact) mass is 263 g/mol. The Hall–Kier alpha value is -1.09. The van der Waals surface area contributed by atoms with Gasteiger partial charge >= 0.3 is 0 Å². The van der Waals surface area contributed by atoms with Crippen molar-refractivity contribution >= 4 is 0 Å². The Balaban J connectivity index is 1.70. The molecule has 0 spiro atoms. The quantitative estimate of drug-likeness (QED) is 0.845. The Bertz CT molecular complexity index is 442. The van der Waals surface area contributed by atoms with E-state index in [2.05, 4.69) is 12.2 Å². The molecule has 1 N–H and O–H groups in total. The number of ether oxygens (including phenoxy) is 1. The molecule has 1 atom stereocenters. The van der Waals surface area contributed by atoms with Crippen molar-refractivity contribution in [2.45, 2.75) is 44.7 Å². The Labute approximate surface area is 114 Å². The lowest BCUT2D eigenvalue weighted by atomic mass is 10.0. The molecule has 104 valence electrons. The summed E-state index contributed by atoms with van der Waals surface area (Å²) in [4.78, 5) is 0. The van der Waals surface area contributed by atoms with Gasteiger partial charge in [0.05, 0.1) is 7.11 Å². The van der Waals surface area contributed by atoms with Crippen LogP contribution in [0.1, 0.15) is 44.2 Å². The molecule has 0 radical (unpaired) electrons. The molecule has 2 aliphatic rings. The van der Waals surface area contributed by atoms with Crippen molar-refractivity contribution in [2.24, 2.45) is 11.8 Å². The lowest BCUT2D eigenvalue weighted by molar-refractivity contribution is 0.370. The van der Waals surface area contributed by atoms with Crippen molar-refractivity contribution in [3.05, 3.63) is 29.6 Å². The molecule has 0 aliphatic heterocycles. The van der Waals surface area contributed by atoms with Gasteiger partial charge in [0.25, 0.3) is 0 Å². The molecular formula is C16H22FNO. The summed E-state index contributed by atoms with van der Waals surface area (Å²) in [5.74, 6) is 1.79. The molecule has 2 saturated carbocycles. The normalized spacial score (nSPS) is 20.6. The van der Waals surface area contributed by atoms with Crippen LogP contribution >= 0.6 is 0 Å². The minimum atomic E-state index is -0.292. The molecule has 0 aromatic heterocycles. The maximum absolute atomic E-state index is 13.4. The van der Waals surface area contributed by atoms with Crippen molar-refractivity contribution in [2.75, 3.05) is 7.11 Å². The van der Waals surface area contributed by atoms with E-state index < -0.39 is 0 Å². The van der Waals surface area contributed by atoms with Crippen LogP contribution in [0.5, 0.6) is 5.75 Å². The molecule has 3 rings (SSSR count). The first kappa shape index (κ1) is 12.9. The summed E-state index contributed by atoms with van der Waals surface area (Å²) in [5.41, 5.74) is 1.10. The number of benzene rings is 1. The van der Waals surface area contributed by atoms with Gasteiger partial charge in [-0.25, -0.2) is 4.39 Å². The molecule has 2 aliphatic carbocycles. The Kier molecular flexibility index (Phi) is 3.48. The zero-order valence-corrected chi connectivity index (χ0v) is 11.7. The van der Waals surface area contributed by atoms with Crippen LogP contribution in [-0.2, 0) is 0 Å². The molecule has 3 heteroatoms. The van der Waals surface area contributed by atoms with Crippen molar-refractivity contribution in [1.29, 1.82) is 0 Å². The molecule has 0 saturated heterocycles. The summed E-state index contributed by atoms with van der Waals surface area (Å²) < 4.78 is 18.5. The third kappa shape index (κ3) is 2.92. The van der Waals surface area contributed by atoms with Gasteiger partial charge in [0, 0.05) is 12.1 Å². The summed E-state index contributed by atoms with van der Waals surface area (Å²) >= 11 is 0. The zero-order chi connectivity index (χ0) is 13.4. The van der Waals surface area contributed by atoms with E-state index in [4.69, 9.17) is 4.74 Å². The van der Waals surface area contributed by atoms with Crippen LogP contribution in [-0.4, -0.2) is 13.2 Å². The van der Waals surface area contributed by atoms with Gasteiger partial charge in [-0.05, 0) is 62.1 Å². The fraction of sp³-hybridized carbons (Fsp3) is 0.625. The first-order valence-corrected chi connectivity index (χ1v) is 7.28. The topological polar surface area (TPSA) is 21.3 Å². The molecule has 1 aromatic rings. The molecule has 0 amide bonds. The van der Waals surface area contributed by atoms with Gasteiger partial charge in [-0.1, -0.05) is 6.07 Å². The number of nitrogens with one attached hydrogen (secondary N) is 1. The van der Waals surface area contributed by atoms with E-state index in [-0.39, 0.29) is 11.9 Å². The van der Waals surface area contributed by atoms with Crippen LogP contribution in [0.25, 0.3) is 0 Å². The summed E-state index contributed by atoms with van der Waals surface area (Å²) in [5, 5.41) is 3.75. The van der Waals surface area contributed by atoms with Crippen LogP contribution in [0.4, 0.5) is 4.39 Å². The fourth-order valence-electron chi connectivity index (χ4n) is 2.90. The number of methoxy groups -OCH3 is 1. The SMILES string of the molecule is COc1cc(C(C)NC(C2CC2)C2CC2)ccc1F. The minimum Gasteiger partial charge on any atom is -0.494 e. The van der Waals surface area contributed by atoms with Crippen LogP contribution in [0.15, 0.2) is 18.2 Å². The van der Waals surface area contributed by atoms with E-state index in [1.807, 2.05) is 12.1 Å². The molecule has 1 aromatic carbocycles. The second-order valence-corrected chi connectivity index (χ2v) is 5.98. The average molecular weight is 263 g/mol. The number of rotatable bonds is 6. The summed E-state index contributed by atoms with van der Waals surface area (Å²) in [6, 6.07) is 6.07. The van der Waals surface area contributed by atoms with Crippen LogP contribution in [0.3, 0.4) is 0 Å². The number of hydrogen-bond acceptors (Lipinski definition) is 2. The minimum absolute atomic E-state index is 0.251. The van der Waals surface area contributed by atoms with E-state index in [0.717, 1.165) is 17.4 Å². The van der Waals surface area contributed by atoms with Crippen LogP contribution in [0.2, 0.25) is 0 Å². The third-order valence-electron chi connectivity index (χ3n) is 4.38. The fourth-order valence-corrected chi connectivity index (χ4v) is 2.90. The van der Waals surface area contributed by atoms with Crippen molar-refractivity contribution in [1.82, 2.24) is 5.32 Å². The van der Waals surface area contributed by atoms with Gasteiger partial charge in [-0.3, -0.25) is 0 Å². The predicted octanol–water partition coefficient (Wildman–Crippen LogP) is 3.67. The lowest BCUT2D eigenvalue weighted by Crippen LogP contribution is -2.35. The van der Waals surface area contributed by atoms with E-state index in [1.54, 1.807) is 0 Å². The summed E-state index contributed by atoms with van der Waals surface area (Å²) in [7, 11) is 1.51. The smallest absolute Gasteiger partial charge is 0.165 e. The third-order valence-corrected chi connectivity index (χ3v) is 4.38. The first-order chi connectivity index (χ1) is 9.19. The van der Waals surface area contributed by atoms with Gasteiger partial charge in [0.1, 0.15) is 0 Å². The van der Waals surface area contributed by atoms with Crippen LogP contribution in [0, 0.1) is 17.7 Å². The number of halogens is 1. The first-order valence-electron chi connectivity index (χ1n) is 7.28. The Morgan fingerprint density at radius 1 is 1.21 bits per heavy atom. The number of hydrogen-bond donors (Lipinski definition) is 1. The van der Waals surface area contributed by atoms with Crippen molar-refractivity contribution in [3.63, 3.8) is 0 Å². The van der Waals surface area contributed by atoms with Crippen LogP contribution < -0.4 is 10.1 Å². The van der Waals surface area contributed by atoms with Crippen molar-refractivity contribution < 1.29 is 9.13 Å². The zero-order valence-electron chi connectivity index (χ0n) is 11.7. The maximum atomic E-state index is 13.4. The Morgan fingerprint density at radius 2 is 1.84 bits per heavy atom. The lowest BCUT2D eigenvalue weighted by Gasteiger charge is -2.24. The highest BCUT2D eigenvalue weighted by Gasteiger charge is 2.41. The largest absolute Gasteiger partial charge is 0.494 e.